The van der Waals surface area contributed by atoms with Crippen molar-refractivity contribution in [1.29, 1.82) is 0 Å². The van der Waals surface area contributed by atoms with E-state index in [1.807, 2.05) is 31.2 Å². The fourth-order valence-electron chi connectivity index (χ4n) is 2.16. The Kier molecular flexibility index (Phi) is 5.13. The highest BCUT2D eigenvalue weighted by Crippen LogP contribution is 2.25. The lowest BCUT2D eigenvalue weighted by atomic mass is 10.2. The molecule has 0 bridgehead atoms. The molecule has 1 aliphatic carbocycles. The van der Waals surface area contributed by atoms with Gasteiger partial charge in [-0.1, -0.05) is 28.8 Å². The summed E-state index contributed by atoms with van der Waals surface area (Å²) in [4.78, 5) is 13.2. The van der Waals surface area contributed by atoms with E-state index in [1.165, 1.54) is 12.8 Å². The molecule has 18 heavy (non-hydrogen) atoms. The van der Waals surface area contributed by atoms with E-state index >= 15 is 0 Å². The Morgan fingerprint density at radius 1 is 1.33 bits per heavy atom. The van der Waals surface area contributed by atoms with Crippen LogP contribution in [0.3, 0.4) is 0 Å². The zero-order valence-corrected chi connectivity index (χ0v) is 12.9. The molecule has 0 heterocycles. The SMILES string of the molecule is C[C@@H](Sc1ccc(Br)cc1)C(=O)NC1CCCC1. The minimum Gasteiger partial charge on any atom is -0.352 e. The maximum Gasteiger partial charge on any atom is 0.233 e. The highest BCUT2D eigenvalue weighted by Gasteiger charge is 2.21. The molecular formula is C14H18BrNOS. The van der Waals surface area contributed by atoms with E-state index in [4.69, 9.17) is 0 Å². The third-order valence-electron chi connectivity index (χ3n) is 3.20. The first-order valence-corrected chi connectivity index (χ1v) is 8.05. The number of carbonyl (C=O) groups excluding carboxylic acids is 1. The number of thioether (sulfide) groups is 1. The fourth-order valence-corrected chi connectivity index (χ4v) is 3.30. The van der Waals surface area contributed by atoms with E-state index in [2.05, 4.69) is 21.2 Å². The van der Waals surface area contributed by atoms with Gasteiger partial charge in [0.1, 0.15) is 0 Å². The van der Waals surface area contributed by atoms with Gasteiger partial charge in [-0.25, -0.2) is 0 Å². The summed E-state index contributed by atoms with van der Waals surface area (Å²) in [6.07, 6.45) is 4.78. The summed E-state index contributed by atoms with van der Waals surface area (Å²) in [6, 6.07) is 8.49. The molecule has 1 saturated carbocycles. The lowest BCUT2D eigenvalue weighted by Gasteiger charge is -2.16. The van der Waals surface area contributed by atoms with Gasteiger partial charge in [0.05, 0.1) is 5.25 Å². The molecule has 0 aliphatic heterocycles. The summed E-state index contributed by atoms with van der Waals surface area (Å²) in [5, 5.41) is 3.11. The Hall–Kier alpha value is -0.480. The van der Waals surface area contributed by atoms with Gasteiger partial charge in [0, 0.05) is 15.4 Å². The van der Waals surface area contributed by atoms with Gasteiger partial charge in [-0.2, -0.15) is 0 Å². The first-order chi connectivity index (χ1) is 8.65. The molecule has 1 amide bonds. The molecular weight excluding hydrogens is 310 g/mol. The summed E-state index contributed by atoms with van der Waals surface area (Å²) in [5.74, 6) is 0.162. The third-order valence-corrected chi connectivity index (χ3v) is 4.84. The van der Waals surface area contributed by atoms with Crippen molar-refractivity contribution < 1.29 is 4.79 Å². The molecule has 1 aromatic carbocycles. The van der Waals surface area contributed by atoms with E-state index in [9.17, 15) is 4.79 Å². The molecule has 98 valence electrons. The highest BCUT2D eigenvalue weighted by atomic mass is 79.9. The van der Waals surface area contributed by atoms with Crippen molar-refractivity contribution in [3.05, 3.63) is 28.7 Å². The Labute approximate surface area is 121 Å². The predicted octanol–water partition coefficient (Wildman–Crippen LogP) is 3.99. The van der Waals surface area contributed by atoms with Crippen molar-refractivity contribution in [1.82, 2.24) is 5.32 Å². The number of nitrogens with one attached hydrogen (secondary N) is 1. The minimum atomic E-state index is -0.0354. The summed E-state index contributed by atoms with van der Waals surface area (Å²) in [6.45, 7) is 1.97. The summed E-state index contributed by atoms with van der Waals surface area (Å²) in [5.41, 5.74) is 0. The van der Waals surface area contributed by atoms with Gasteiger partial charge in [-0.3, -0.25) is 4.79 Å². The van der Waals surface area contributed by atoms with Gasteiger partial charge in [0.15, 0.2) is 0 Å². The second-order valence-corrected chi connectivity index (χ2v) is 7.03. The smallest absolute Gasteiger partial charge is 0.233 e. The number of rotatable bonds is 4. The van der Waals surface area contributed by atoms with E-state index in [0.717, 1.165) is 22.2 Å². The zero-order valence-electron chi connectivity index (χ0n) is 10.5. The van der Waals surface area contributed by atoms with Crippen molar-refractivity contribution in [3.63, 3.8) is 0 Å². The Balaban J connectivity index is 1.84. The van der Waals surface area contributed by atoms with Gasteiger partial charge in [0.25, 0.3) is 0 Å². The van der Waals surface area contributed by atoms with Crippen LogP contribution in [-0.4, -0.2) is 17.2 Å². The molecule has 1 N–H and O–H groups in total. The summed E-state index contributed by atoms with van der Waals surface area (Å²) < 4.78 is 1.06. The largest absolute Gasteiger partial charge is 0.352 e. The monoisotopic (exact) mass is 327 g/mol. The van der Waals surface area contributed by atoms with Crippen molar-refractivity contribution in [2.24, 2.45) is 0 Å². The maximum atomic E-state index is 12.0. The number of hydrogen-bond acceptors (Lipinski definition) is 2. The standard InChI is InChI=1S/C14H18BrNOS/c1-10(14(17)16-12-4-2-3-5-12)18-13-8-6-11(15)7-9-13/h6-10,12H,2-5H2,1H3,(H,16,17)/t10-/m1/s1. The average Bonchev–Trinajstić information content (AvgIpc) is 2.85. The molecule has 4 heteroatoms. The predicted molar refractivity (Wildman–Crippen MR) is 79.9 cm³/mol. The van der Waals surface area contributed by atoms with Crippen LogP contribution in [0, 0.1) is 0 Å². The first kappa shape index (κ1) is 13.9. The van der Waals surface area contributed by atoms with Crippen LogP contribution in [0.2, 0.25) is 0 Å². The number of hydrogen-bond donors (Lipinski definition) is 1. The topological polar surface area (TPSA) is 29.1 Å². The number of carbonyl (C=O) groups is 1. The van der Waals surface area contributed by atoms with Crippen molar-refractivity contribution >= 4 is 33.6 Å². The lowest BCUT2D eigenvalue weighted by Crippen LogP contribution is -2.37. The van der Waals surface area contributed by atoms with E-state index in [1.54, 1.807) is 11.8 Å². The fraction of sp³-hybridized carbons (Fsp3) is 0.500. The normalized spacial score (nSPS) is 17.7. The van der Waals surface area contributed by atoms with E-state index in [0.29, 0.717) is 6.04 Å². The third kappa shape index (κ3) is 4.02. The van der Waals surface area contributed by atoms with Crippen LogP contribution in [0.15, 0.2) is 33.6 Å². The second-order valence-electron chi connectivity index (χ2n) is 4.70. The minimum absolute atomic E-state index is 0.0354. The number of amides is 1. The number of halogens is 1. The maximum absolute atomic E-state index is 12.0. The van der Waals surface area contributed by atoms with Crippen LogP contribution in [0.1, 0.15) is 32.6 Å². The van der Waals surface area contributed by atoms with Gasteiger partial charge >= 0.3 is 0 Å². The summed E-state index contributed by atoms with van der Waals surface area (Å²) >= 11 is 5.02. The molecule has 1 aliphatic rings. The first-order valence-electron chi connectivity index (χ1n) is 6.38. The molecule has 0 unspecified atom stereocenters. The zero-order chi connectivity index (χ0) is 13.0. The van der Waals surface area contributed by atoms with Gasteiger partial charge < -0.3 is 5.32 Å². The summed E-state index contributed by atoms with van der Waals surface area (Å²) in [7, 11) is 0. The van der Waals surface area contributed by atoms with E-state index < -0.39 is 0 Å². The molecule has 1 atom stereocenters. The van der Waals surface area contributed by atoms with Crippen LogP contribution in [0.25, 0.3) is 0 Å². The van der Waals surface area contributed by atoms with Gasteiger partial charge in [-0.05, 0) is 44.0 Å². The quantitative estimate of drug-likeness (QED) is 0.847. The molecule has 0 spiro atoms. The van der Waals surface area contributed by atoms with Crippen LogP contribution >= 0.6 is 27.7 Å². The molecule has 2 rings (SSSR count). The van der Waals surface area contributed by atoms with Crippen LogP contribution < -0.4 is 5.32 Å². The van der Waals surface area contributed by atoms with Crippen molar-refractivity contribution in [2.45, 2.75) is 48.8 Å². The number of benzene rings is 1. The van der Waals surface area contributed by atoms with Gasteiger partial charge in [-0.15, -0.1) is 11.8 Å². The van der Waals surface area contributed by atoms with Crippen LogP contribution in [0.4, 0.5) is 0 Å². The van der Waals surface area contributed by atoms with Gasteiger partial charge in [0.2, 0.25) is 5.91 Å². The van der Waals surface area contributed by atoms with Crippen molar-refractivity contribution in [2.75, 3.05) is 0 Å². The Bertz CT molecular complexity index is 401. The molecule has 0 aromatic heterocycles. The molecule has 1 aromatic rings. The van der Waals surface area contributed by atoms with Crippen LogP contribution in [-0.2, 0) is 4.79 Å². The molecule has 1 fully saturated rings. The molecule has 2 nitrogen and oxygen atoms in total. The lowest BCUT2D eigenvalue weighted by molar-refractivity contribution is -0.120. The van der Waals surface area contributed by atoms with E-state index in [-0.39, 0.29) is 11.2 Å². The average molecular weight is 328 g/mol. The Morgan fingerprint density at radius 2 is 1.94 bits per heavy atom. The molecule has 0 radical (unpaired) electrons. The molecule has 0 saturated heterocycles. The van der Waals surface area contributed by atoms with Crippen molar-refractivity contribution in [3.8, 4) is 0 Å². The second kappa shape index (κ2) is 6.62. The van der Waals surface area contributed by atoms with Crippen LogP contribution in [0.5, 0.6) is 0 Å². The highest BCUT2D eigenvalue weighted by molar-refractivity contribution is 9.10. The Morgan fingerprint density at radius 3 is 2.56 bits per heavy atom.